The lowest BCUT2D eigenvalue weighted by Crippen LogP contribution is -2.34. The Bertz CT molecular complexity index is 1270. The Hall–Kier alpha value is -3.79. The molecule has 2 aromatic carbocycles. The second-order valence-electron chi connectivity index (χ2n) is 6.58. The minimum Gasteiger partial charge on any atom is -0.329 e. The van der Waals surface area contributed by atoms with E-state index in [1.54, 1.807) is 36.4 Å². The fourth-order valence-corrected chi connectivity index (χ4v) is 4.42. The molecule has 30 heavy (non-hydrogen) atoms. The number of carbonyl (C=O) groups is 3. The van der Waals surface area contributed by atoms with Crippen molar-refractivity contribution >= 4 is 38.6 Å². The molecule has 0 bridgehead atoms. The van der Waals surface area contributed by atoms with Gasteiger partial charge in [0, 0.05) is 28.7 Å². The summed E-state index contributed by atoms with van der Waals surface area (Å²) in [4.78, 5) is 41.4. The molecule has 1 fully saturated rings. The van der Waals surface area contributed by atoms with Crippen LogP contribution in [-0.2, 0) is 21.4 Å². The molecule has 2 N–H and O–H groups in total. The van der Waals surface area contributed by atoms with Crippen molar-refractivity contribution in [1.82, 2.24) is 19.9 Å². The highest BCUT2D eigenvalue weighted by atomic mass is 32.2. The van der Waals surface area contributed by atoms with E-state index in [9.17, 15) is 22.8 Å². The smallest absolute Gasteiger partial charge is 0.324 e. The number of pyridine rings is 1. The first kappa shape index (κ1) is 19.5. The van der Waals surface area contributed by atoms with Crippen molar-refractivity contribution in [2.45, 2.75) is 11.4 Å². The maximum atomic E-state index is 12.9. The van der Waals surface area contributed by atoms with E-state index < -0.39 is 27.9 Å². The molecule has 3 aromatic rings. The summed E-state index contributed by atoms with van der Waals surface area (Å²) in [6.07, 6.45) is 3.00. The number of rotatable bonds is 5. The lowest BCUT2D eigenvalue weighted by atomic mass is 10.1. The summed E-state index contributed by atoms with van der Waals surface area (Å²) >= 11 is 0. The van der Waals surface area contributed by atoms with Crippen LogP contribution in [-0.4, -0.2) is 42.7 Å². The average molecular weight is 424 g/mol. The number of benzene rings is 2. The molecule has 0 radical (unpaired) electrons. The first-order valence-corrected chi connectivity index (χ1v) is 10.4. The highest BCUT2D eigenvalue weighted by Gasteiger charge is 2.30. The fourth-order valence-electron chi connectivity index (χ4n) is 3.22. The summed E-state index contributed by atoms with van der Waals surface area (Å²) < 4.78 is 27.9. The van der Waals surface area contributed by atoms with Gasteiger partial charge in [-0.3, -0.25) is 19.5 Å². The monoisotopic (exact) mass is 424 g/mol. The lowest BCUT2D eigenvalue weighted by molar-refractivity contribution is -0.125. The molecule has 1 aromatic heterocycles. The molecule has 0 unspecified atom stereocenters. The minimum atomic E-state index is -4.19. The van der Waals surface area contributed by atoms with Gasteiger partial charge in [0.25, 0.3) is 15.9 Å². The molecule has 2 heterocycles. The van der Waals surface area contributed by atoms with Gasteiger partial charge in [0.1, 0.15) is 0 Å². The molecule has 10 heteroatoms. The predicted molar refractivity (Wildman–Crippen MR) is 107 cm³/mol. The standard InChI is InChI=1S/C20H16N4O5S/c25-18-11-22-20(27)24(18)12-14-4-1-2-6-16(14)19(26)23-30(28,29)17-7-3-5-13-10-21-9-8-15(13)17/h1-10H,11-12H2,(H,22,27)(H,23,26). The highest BCUT2D eigenvalue weighted by Crippen LogP contribution is 2.22. The van der Waals surface area contributed by atoms with E-state index in [0.717, 1.165) is 4.90 Å². The number of nitrogens with zero attached hydrogens (tertiary/aromatic N) is 2. The summed E-state index contributed by atoms with van der Waals surface area (Å²) in [6.45, 7) is -0.258. The third kappa shape index (κ3) is 3.60. The molecule has 152 valence electrons. The van der Waals surface area contributed by atoms with Crippen LogP contribution in [0.5, 0.6) is 0 Å². The number of imide groups is 1. The van der Waals surface area contributed by atoms with Gasteiger partial charge in [0.05, 0.1) is 18.0 Å². The maximum absolute atomic E-state index is 12.9. The molecule has 9 nitrogen and oxygen atoms in total. The second-order valence-corrected chi connectivity index (χ2v) is 8.23. The Morgan fingerprint density at radius 3 is 2.67 bits per heavy atom. The van der Waals surface area contributed by atoms with Crippen LogP contribution in [0, 0.1) is 0 Å². The van der Waals surface area contributed by atoms with Gasteiger partial charge in [-0.2, -0.15) is 0 Å². The lowest BCUT2D eigenvalue weighted by Gasteiger charge is -2.16. The summed E-state index contributed by atoms with van der Waals surface area (Å²) in [5.41, 5.74) is 0.396. The van der Waals surface area contributed by atoms with Crippen molar-refractivity contribution in [3.63, 3.8) is 0 Å². The zero-order valence-corrected chi connectivity index (χ0v) is 16.3. The number of sulfonamides is 1. The summed E-state index contributed by atoms with van der Waals surface area (Å²) in [7, 11) is -4.19. The van der Waals surface area contributed by atoms with Crippen molar-refractivity contribution in [3.05, 3.63) is 72.1 Å². The molecule has 0 aliphatic carbocycles. The molecule has 0 saturated carbocycles. The van der Waals surface area contributed by atoms with Gasteiger partial charge in [0.15, 0.2) is 0 Å². The van der Waals surface area contributed by atoms with E-state index in [2.05, 4.69) is 15.0 Å². The van der Waals surface area contributed by atoms with Gasteiger partial charge in [0.2, 0.25) is 5.91 Å². The van der Waals surface area contributed by atoms with E-state index in [-0.39, 0.29) is 23.5 Å². The van der Waals surface area contributed by atoms with Crippen LogP contribution in [0.2, 0.25) is 0 Å². The SMILES string of the molecule is O=C(NS(=O)(=O)c1cccc2cnccc12)c1ccccc1CN1C(=O)CNC1=O. The third-order valence-corrected chi connectivity index (χ3v) is 6.07. The molecular weight excluding hydrogens is 408 g/mol. The van der Waals surface area contributed by atoms with Crippen LogP contribution in [0.1, 0.15) is 15.9 Å². The van der Waals surface area contributed by atoms with Crippen molar-refractivity contribution in [3.8, 4) is 0 Å². The number of fused-ring (bicyclic) bond motifs is 1. The van der Waals surface area contributed by atoms with Gasteiger partial charge in [-0.1, -0.05) is 30.3 Å². The van der Waals surface area contributed by atoms with E-state index in [1.165, 1.54) is 24.5 Å². The molecular formula is C20H16N4O5S. The number of urea groups is 1. The highest BCUT2D eigenvalue weighted by molar-refractivity contribution is 7.90. The fraction of sp³-hybridized carbons (Fsp3) is 0.100. The van der Waals surface area contributed by atoms with Gasteiger partial charge in [-0.15, -0.1) is 0 Å². The summed E-state index contributed by atoms with van der Waals surface area (Å²) in [5.74, 6) is -1.28. The molecule has 0 spiro atoms. The van der Waals surface area contributed by atoms with E-state index >= 15 is 0 Å². The Labute approximate surface area is 171 Å². The topological polar surface area (TPSA) is 126 Å². The first-order valence-electron chi connectivity index (χ1n) is 8.93. The first-order chi connectivity index (χ1) is 14.4. The Morgan fingerprint density at radius 2 is 1.90 bits per heavy atom. The number of amides is 4. The van der Waals surface area contributed by atoms with Gasteiger partial charge in [-0.25, -0.2) is 17.9 Å². The number of hydrogen-bond acceptors (Lipinski definition) is 6. The van der Waals surface area contributed by atoms with Crippen LogP contribution >= 0.6 is 0 Å². The average Bonchev–Trinajstić information content (AvgIpc) is 3.05. The maximum Gasteiger partial charge on any atom is 0.324 e. The molecule has 4 amide bonds. The Kier molecular flexibility index (Phi) is 4.92. The summed E-state index contributed by atoms with van der Waals surface area (Å²) in [5, 5.41) is 3.45. The Morgan fingerprint density at radius 1 is 1.10 bits per heavy atom. The van der Waals surface area contributed by atoms with Crippen LogP contribution in [0.4, 0.5) is 4.79 Å². The van der Waals surface area contributed by atoms with Crippen LogP contribution in [0.15, 0.2) is 65.8 Å². The minimum absolute atomic E-state index is 0.0514. The van der Waals surface area contributed by atoms with Gasteiger partial charge in [-0.05, 0) is 23.8 Å². The molecule has 1 saturated heterocycles. The van der Waals surface area contributed by atoms with Crippen LogP contribution in [0.3, 0.4) is 0 Å². The number of aromatic nitrogens is 1. The molecule has 4 rings (SSSR count). The number of carbonyl (C=O) groups excluding carboxylic acids is 3. The van der Waals surface area contributed by atoms with E-state index in [4.69, 9.17) is 0 Å². The Balaban J connectivity index is 1.64. The van der Waals surface area contributed by atoms with Gasteiger partial charge < -0.3 is 5.32 Å². The molecule has 0 atom stereocenters. The predicted octanol–water partition coefficient (Wildman–Crippen LogP) is 1.41. The molecule has 1 aliphatic heterocycles. The second kappa shape index (κ2) is 7.56. The molecule has 1 aliphatic rings. The van der Waals surface area contributed by atoms with Crippen LogP contribution < -0.4 is 10.0 Å². The van der Waals surface area contributed by atoms with E-state index in [0.29, 0.717) is 16.3 Å². The largest absolute Gasteiger partial charge is 0.329 e. The third-order valence-electron chi connectivity index (χ3n) is 4.68. The number of nitrogens with one attached hydrogen (secondary N) is 2. The normalized spacial score (nSPS) is 14.1. The van der Waals surface area contributed by atoms with Crippen molar-refractivity contribution in [2.24, 2.45) is 0 Å². The van der Waals surface area contributed by atoms with Crippen molar-refractivity contribution in [1.29, 1.82) is 0 Å². The van der Waals surface area contributed by atoms with Gasteiger partial charge >= 0.3 is 6.03 Å². The number of hydrogen-bond donors (Lipinski definition) is 2. The zero-order chi connectivity index (χ0) is 21.3. The van der Waals surface area contributed by atoms with E-state index in [1.807, 2.05) is 0 Å². The summed E-state index contributed by atoms with van der Waals surface area (Å²) in [6, 6.07) is 11.9. The quantitative estimate of drug-likeness (QED) is 0.597. The zero-order valence-electron chi connectivity index (χ0n) is 15.5. The van der Waals surface area contributed by atoms with Crippen molar-refractivity contribution in [2.75, 3.05) is 6.54 Å². The van der Waals surface area contributed by atoms with Crippen molar-refractivity contribution < 1.29 is 22.8 Å². The van der Waals surface area contributed by atoms with Crippen LogP contribution in [0.25, 0.3) is 10.8 Å².